The molecule has 0 amide bonds. The molecule has 5 heteroatoms. The molecule has 0 fully saturated rings. The highest BCUT2D eigenvalue weighted by atomic mass is 32.1. The lowest BCUT2D eigenvalue weighted by Gasteiger charge is -2.31. The van der Waals surface area contributed by atoms with Gasteiger partial charge in [-0.1, -0.05) is 39.8 Å². The number of nitrogen functional groups attached to an aromatic ring is 1. The van der Waals surface area contributed by atoms with E-state index in [4.69, 9.17) is 5.73 Å². The van der Waals surface area contributed by atoms with Gasteiger partial charge in [-0.25, -0.2) is 9.37 Å². The van der Waals surface area contributed by atoms with Gasteiger partial charge >= 0.3 is 0 Å². The summed E-state index contributed by atoms with van der Waals surface area (Å²) in [6.07, 6.45) is 0. The molecule has 3 rings (SSSR count). The third kappa shape index (κ3) is 3.67. The maximum absolute atomic E-state index is 13.4. The van der Waals surface area contributed by atoms with Crippen molar-refractivity contribution in [3.63, 3.8) is 0 Å². The van der Waals surface area contributed by atoms with Gasteiger partial charge in [0, 0.05) is 22.9 Å². The second-order valence-electron chi connectivity index (χ2n) is 8.06. The van der Waals surface area contributed by atoms with Crippen molar-refractivity contribution in [2.75, 3.05) is 5.73 Å². The minimum Gasteiger partial charge on any atom is -0.398 e. The first kappa shape index (κ1) is 18.6. The lowest BCUT2D eigenvalue weighted by molar-refractivity contribution is 0.629. The van der Waals surface area contributed by atoms with Crippen LogP contribution in [0, 0.1) is 17.3 Å². The highest BCUT2D eigenvalue weighted by molar-refractivity contribution is 7.21. The molecule has 0 aliphatic rings. The summed E-state index contributed by atoms with van der Waals surface area (Å²) in [6.45, 7) is 11.3. The first-order valence-electron chi connectivity index (χ1n) is 8.56. The summed E-state index contributed by atoms with van der Waals surface area (Å²) in [4.78, 5) is 4.56. The zero-order valence-electron chi connectivity index (χ0n) is 15.8. The van der Waals surface area contributed by atoms with E-state index >= 15 is 0 Å². The maximum Gasteiger partial charge on any atom is 0.138 e. The van der Waals surface area contributed by atoms with E-state index in [1.165, 1.54) is 12.1 Å². The van der Waals surface area contributed by atoms with Crippen LogP contribution in [-0.4, -0.2) is 13.1 Å². The molecular weight excluding hydrogens is 359 g/mol. The van der Waals surface area contributed by atoms with Crippen molar-refractivity contribution in [2.45, 2.75) is 38.9 Å². The maximum atomic E-state index is 13.4. The van der Waals surface area contributed by atoms with Crippen molar-refractivity contribution in [3.05, 3.63) is 47.8 Å². The summed E-state index contributed by atoms with van der Waals surface area (Å²) in [5.41, 5.74) is 12.8. The van der Waals surface area contributed by atoms with E-state index in [2.05, 4.69) is 50.3 Å². The van der Waals surface area contributed by atoms with Gasteiger partial charge < -0.3 is 5.73 Å². The number of fused-ring (bicyclic) bond motifs is 1. The van der Waals surface area contributed by atoms with E-state index in [9.17, 15) is 4.39 Å². The van der Waals surface area contributed by atoms with Crippen molar-refractivity contribution in [1.29, 1.82) is 0 Å². The molecule has 134 valence electrons. The second kappa shape index (κ2) is 6.53. The minimum absolute atomic E-state index is 0.198. The Hall–Kier alpha value is -2.16. The number of thiazole rings is 1. The quantitative estimate of drug-likeness (QED) is 0.314. The molecule has 0 bridgehead atoms. The van der Waals surface area contributed by atoms with Gasteiger partial charge in [-0.2, -0.15) is 0 Å². The highest BCUT2D eigenvalue weighted by Crippen LogP contribution is 2.35. The Balaban J connectivity index is 2.03. The number of benzene rings is 2. The molecule has 0 aliphatic heterocycles. The van der Waals surface area contributed by atoms with Crippen LogP contribution in [0.2, 0.25) is 18.1 Å². The van der Waals surface area contributed by atoms with Crippen molar-refractivity contribution >= 4 is 35.3 Å². The molecule has 2 aromatic carbocycles. The van der Waals surface area contributed by atoms with Crippen LogP contribution in [0.25, 0.3) is 20.8 Å². The molecule has 0 aliphatic carbocycles. The Kier molecular flexibility index (Phi) is 4.68. The molecule has 1 heterocycles. The van der Waals surface area contributed by atoms with Crippen molar-refractivity contribution in [1.82, 2.24) is 4.98 Å². The molecule has 0 saturated carbocycles. The summed E-state index contributed by atoms with van der Waals surface area (Å²) < 4.78 is 14.4. The van der Waals surface area contributed by atoms with Crippen LogP contribution >= 0.6 is 11.3 Å². The third-order valence-electron chi connectivity index (χ3n) is 5.03. The van der Waals surface area contributed by atoms with Crippen LogP contribution in [-0.2, 0) is 0 Å². The topological polar surface area (TPSA) is 38.9 Å². The molecular formula is C21H23FN2SSi. The molecule has 26 heavy (non-hydrogen) atoms. The predicted molar refractivity (Wildman–Crippen MR) is 114 cm³/mol. The fourth-order valence-electron chi connectivity index (χ4n) is 2.23. The molecule has 0 atom stereocenters. The van der Waals surface area contributed by atoms with E-state index in [1.807, 2.05) is 18.2 Å². The number of nitrogens with zero attached hydrogens (tertiary/aromatic N) is 1. The lowest BCUT2D eigenvalue weighted by Crippen LogP contribution is -2.35. The summed E-state index contributed by atoms with van der Waals surface area (Å²) in [7, 11) is -1.71. The molecule has 0 unspecified atom stereocenters. The Morgan fingerprint density at radius 3 is 2.54 bits per heavy atom. The number of anilines is 1. The lowest BCUT2D eigenvalue weighted by atomic mass is 10.1. The monoisotopic (exact) mass is 382 g/mol. The summed E-state index contributed by atoms with van der Waals surface area (Å²) in [5, 5.41) is 1.05. The molecule has 0 radical (unpaired) electrons. The molecule has 0 spiro atoms. The summed E-state index contributed by atoms with van der Waals surface area (Å²) in [5.74, 6) is 3.05. The van der Waals surface area contributed by atoms with Crippen LogP contribution in [0.4, 0.5) is 10.1 Å². The zero-order valence-corrected chi connectivity index (χ0v) is 17.6. The highest BCUT2D eigenvalue weighted by Gasteiger charge is 2.33. The minimum atomic E-state index is -1.71. The third-order valence-corrected chi connectivity index (χ3v) is 10.6. The summed E-state index contributed by atoms with van der Waals surface area (Å²) in [6, 6.07) is 10.5. The first-order valence-corrected chi connectivity index (χ1v) is 12.4. The van der Waals surface area contributed by atoms with Crippen molar-refractivity contribution in [3.8, 4) is 22.0 Å². The Bertz CT molecular complexity index is 1040. The number of rotatable bonds is 1. The van der Waals surface area contributed by atoms with Gasteiger partial charge in [-0.05, 0) is 35.4 Å². The van der Waals surface area contributed by atoms with E-state index in [-0.39, 0.29) is 10.9 Å². The van der Waals surface area contributed by atoms with Crippen LogP contribution in [0.1, 0.15) is 26.3 Å². The Morgan fingerprint density at radius 1 is 1.12 bits per heavy atom. The molecule has 3 aromatic rings. The first-order chi connectivity index (χ1) is 12.1. The summed E-state index contributed by atoms with van der Waals surface area (Å²) >= 11 is 1.54. The van der Waals surface area contributed by atoms with E-state index < -0.39 is 8.07 Å². The largest absolute Gasteiger partial charge is 0.398 e. The Morgan fingerprint density at radius 2 is 1.85 bits per heavy atom. The number of nitrogens with two attached hydrogens (primary N) is 1. The van der Waals surface area contributed by atoms with E-state index in [0.29, 0.717) is 11.2 Å². The van der Waals surface area contributed by atoms with Crippen LogP contribution in [0.15, 0.2) is 36.4 Å². The van der Waals surface area contributed by atoms with Gasteiger partial charge in [0.25, 0.3) is 0 Å². The van der Waals surface area contributed by atoms with Crippen LogP contribution in [0.3, 0.4) is 0 Å². The average Bonchev–Trinajstić information content (AvgIpc) is 2.96. The van der Waals surface area contributed by atoms with E-state index in [1.54, 1.807) is 17.4 Å². The standard InChI is InChI=1S/C21H23FN2SSi/c1-21(2,3)26(4,5)11-10-14-12-15(6-8-17(14)23)20-24-18-13-16(22)7-9-19(18)25-20/h6-9,12-13H,23H2,1-5H3. The number of halogens is 1. The van der Waals surface area contributed by atoms with Crippen LogP contribution < -0.4 is 5.73 Å². The fraction of sp³-hybridized carbons (Fsp3) is 0.286. The van der Waals surface area contributed by atoms with Gasteiger partial charge in [-0.15, -0.1) is 16.9 Å². The number of hydrogen-bond donors (Lipinski definition) is 1. The van der Waals surface area contributed by atoms with Gasteiger partial charge in [0.2, 0.25) is 0 Å². The van der Waals surface area contributed by atoms with Crippen LogP contribution in [0.5, 0.6) is 0 Å². The fourth-order valence-corrected chi connectivity index (χ4v) is 4.00. The SMILES string of the molecule is CC(C)(C)[Si](C)(C)C#Cc1cc(-c2nc3cc(F)ccc3s2)ccc1N. The Labute approximate surface area is 159 Å². The number of aromatic nitrogens is 1. The normalized spacial score (nSPS) is 12.1. The van der Waals surface area contributed by atoms with Gasteiger partial charge in [0.1, 0.15) is 18.9 Å². The number of hydrogen-bond acceptors (Lipinski definition) is 3. The van der Waals surface area contributed by atoms with Gasteiger partial charge in [0.05, 0.1) is 10.2 Å². The molecule has 1 aromatic heterocycles. The zero-order chi connectivity index (χ0) is 19.1. The predicted octanol–water partition coefficient (Wildman–Crippen LogP) is 6.08. The van der Waals surface area contributed by atoms with Crippen molar-refractivity contribution in [2.24, 2.45) is 0 Å². The smallest absolute Gasteiger partial charge is 0.138 e. The van der Waals surface area contributed by atoms with E-state index in [0.717, 1.165) is 20.8 Å². The van der Waals surface area contributed by atoms with Gasteiger partial charge in [-0.3, -0.25) is 0 Å². The molecule has 0 saturated heterocycles. The molecule has 2 N–H and O–H groups in total. The molecule has 2 nitrogen and oxygen atoms in total. The average molecular weight is 383 g/mol. The van der Waals surface area contributed by atoms with Gasteiger partial charge in [0.15, 0.2) is 0 Å². The second-order valence-corrected chi connectivity index (χ2v) is 14.1. The van der Waals surface area contributed by atoms with Crippen molar-refractivity contribution < 1.29 is 4.39 Å².